The molecule has 0 heterocycles. The minimum Gasteiger partial charge on any atom is -0.354 e. The van der Waals surface area contributed by atoms with Gasteiger partial charge in [-0.2, -0.15) is 13.2 Å². The van der Waals surface area contributed by atoms with Gasteiger partial charge in [0, 0.05) is 13.0 Å². The number of amides is 1. The highest BCUT2D eigenvalue weighted by molar-refractivity contribution is 5.73. The Morgan fingerprint density at radius 3 is 2.00 bits per heavy atom. The maximum Gasteiger partial charge on any atom is 0.391 e. The second-order valence-electron chi connectivity index (χ2n) is 2.42. The summed E-state index contributed by atoms with van der Waals surface area (Å²) in [4.78, 5) is 10.3. The van der Waals surface area contributed by atoms with Crippen LogP contribution >= 0.6 is 0 Å². The summed E-state index contributed by atoms with van der Waals surface area (Å²) in [6, 6.07) is -0.840. The normalized spacial score (nSPS) is 12.5. The smallest absolute Gasteiger partial charge is 0.354 e. The lowest BCUT2D eigenvalue weighted by atomic mass is 10.2. The van der Waals surface area contributed by atoms with Gasteiger partial charge < -0.3 is 5.32 Å². The first kappa shape index (κ1) is 14.8. The second kappa shape index (κ2) is 6.74. The summed E-state index contributed by atoms with van der Waals surface area (Å²) >= 11 is 0. The fraction of sp³-hybridized carbons (Fsp3) is 0.875. The van der Waals surface area contributed by atoms with E-state index in [4.69, 9.17) is 0 Å². The average molecular weight is 199 g/mol. The first-order chi connectivity index (χ1) is 5.81. The van der Waals surface area contributed by atoms with Crippen molar-refractivity contribution in [3.63, 3.8) is 0 Å². The third-order valence-corrected chi connectivity index (χ3v) is 0.987. The Morgan fingerprint density at radius 2 is 1.77 bits per heavy atom. The highest BCUT2D eigenvalue weighted by Crippen LogP contribution is 2.20. The molecule has 0 aliphatic carbocycles. The second-order valence-corrected chi connectivity index (χ2v) is 2.42. The highest BCUT2D eigenvalue weighted by atomic mass is 19.4. The van der Waals surface area contributed by atoms with Crippen molar-refractivity contribution in [1.29, 1.82) is 0 Å². The molecule has 1 atom stereocenters. The summed E-state index contributed by atoms with van der Waals surface area (Å²) < 4.78 is 34.8. The van der Waals surface area contributed by atoms with Crippen LogP contribution in [0.1, 0.15) is 34.1 Å². The molecular formula is C8H16F3NO. The third-order valence-electron chi connectivity index (χ3n) is 0.987. The first-order valence-electron chi connectivity index (χ1n) is 4.15. The van der Waals surface area contributed by atoms with Crippen LogP contribution in [0.25, 0.3) is 0 Å². The van der Waals surface area contributed by atoms with Crippen LogP contribution in [0.15, 0.2) is 0 Å². The molecule has 0 radical (unpaired) electrons. The van der Waals surface area contributed by atoms with Crippen LogP contribution in [0.2, 0.25) is 0 Å². The zero-order valence-electron chi connectivity index (χ0n) is 8.33. The molecule has 0 saturated heterocycles. The number of hydrogen-bond acceptors (Lipinski definition) is 1. The molecule has 0 aromatic rings. The number of carbonyl (C=O) groups is 1. The molecule has 0 spiro atoms. The molecule has 5 heteroatoms. The van der Waals surface area contributed by atoms with Crippen LogP contribution in [0.5, 0.6) is 0 Å². The van der Waals surface area contributed by atoms with E-state index in [1.807, 2.05) is 13.8 Å². The van der Waals surface area contributed by atoms with Crippen LogP contribution < -0.4 is 5.32 Å². The molecule has 0 aliphatic heterocycles. The Morgan fingerprint density at radius 1 is 1.38 bits per heavy atom. The van der Waals surface area contributed by atoms with E-state index >= 15 is 0 Å². The molecule has 0 aliphatic rings. The van der Waals surface area contributed by atoms with Crippen molar-refractivity contribution < 1.29 is 18.0 Å². The first-order valence-corrected chi connectivity index (χ1v) is 4.15. The van der Waals surface area contributed by atoms with Gasteiger partial charge in [-0.15, -0.1) is 0 Å². The van der Waals surface area contributed by atoms with E-state index in [9.17, 15) is 18.0 Å². The number of rotatable bonds is 2. The molecule has 80 valence electrons. The maximum absolute atomic E-state index is 11.6. The zero-order chi connectivity index (χ0) is 11.1. The molecular weight excluding hydrogens is 183 g/mol. The van der Waals surface area contributed by atoms with E-state index in [1.54, 1.807) is 0 Å². The molecule has 0 rings (SSSR count). The molecule has 1 amide bonds. The number of halogens is 3. The summed E-state index contributed by atoms with van der Waals surface area (Å²) in [6.45, 7) is 6.50. The lowest BCUT2D eigenvalue weighted by Gasteiger charge is -2.13. The van der Waals surface area contributed by atoms with E-state index in [1.165, 1.54) is 13.8 Å². The SMILES string of the molecule is CC.CC(=O)NC(C)CC(F)(F)F. The van der Waals surface area contributed by atoms with Crippen LogP contribution in [-0.2, 0) is 4.79 Å². The minimum absolute atomic E-state index is 0.443. The van der Waals surface area contributed by atoms with Crippen molar-refractivity contribution >= 4 is 5.91 Å². The van der Waals surface area contributed by atoms with Gasteiger partial charge in [-0.1, -0.05) is 13.8 Å². The summed E-state index contributed by atoms with van der Waals surface area (Å²) in [7, 11) is 0. The number of alkyl halides is 3. The molecule has 0 bridgehead atoms. The molecule has 0 saturated carbocycles. The van der Waals surface area contributed by atoms with E-state index < -0.39 is 24.5 Å². The van der Waals surface area contributed by atoms with E-state index in [0.717, 1.165) is 0 Å². The Labute approximate surface area is 76.5 Å². The van der Waals surface area contributed by atoms with Gasteiger partial charge in [0.25, 0.3) is 0 Å². The maximum atomic E-state index is 11.6. The summed E-state index contributed by atoms with van der Waals surface area (Å²) in [5, 5.41) is 2.14. The zero-order valence-corrected chi connectivity index (χ0v) is 8.33. The topological polar surface area (TPSA) is 29.1 Å². The van der Waals surface area contributed by atoms with Gasteiger partial charge in [0.15, 0.2) is 0 Å². The number of hydrogen-bond donors (Lipinski definition) is 1. The van der Waals surface area contributed by atoms with Gasteiger partial charge in [-0.3, -0.25) is 4.79 Å². The van der Waals surface area contributed by atoms with Crippen LogP contribution in [0, 0.1) is 0 Å². The highest BCUT2D eigenvalue weighted by Gasteiger charge is 2.30. The predicted octanol–water partition coefficient (Wildman–Crippen LogP) is 2.49. The van der Waals surface area contributed by atoms with Crippen molar-refractivity contribution in [2.24, 2.45) is 0 Å². The molecule has 0 fully saturated rings. The van der Waals surface area contributed by atoms with Gasteiger partial charge in [-0.25, -0.2) is 0 Å². The Balaban J connectivity index is 0. The van der Waals surface area contributed by atoms with Gasteiger partial charge in [0.05, 0.1) is 6.42 Å². The summed E-state index contributed by atoms with van der Waals surface area (Å²) in [5.74, 6) is -0.443. The minimum atomic E-state index is -4.21. The summed E-state index contributed by atoms with van der Waals surface area (Å²) in [5.41, 5.74) is 0. The van der Waals surface area contributed by atoms with Crippen molar-refractivity contribution in [1.82, 2.24) is 5.32 Å². The van der Waals surface area contributed by atoms with E-state index in [2.05, 4.69) is 5.32 Å². The lowest BCUT2D eigenvalue weighted by Crippen LogP contribution is -2.34. The molecule has 2 nitrogen and oxygen atoms in total. The van der Waals surface area contributed by atoms with Gasteiger partial charge in [0.2, 0.25) is 5.91 Å². The number of carbonyl (C=O) groups excluding carboxylic acids is 1. The third kappa shape index (κ3) is 14.2. The monoisotopic (exact) mass is 199 g/mol. The Bertz CT molecular complexity index is 145. The molecule has 0 aromatic heterocycles. The quantitative estimate of drug-likeness (QED) is 0.727. The average Bonchev–Trinajstić information content (AvgIpc) is 1.85. The van der Waals surface area contributed by atoms with E-state index in [0.29, 0.717) is 0 Å². The van der Waals surface area contributed by atoms with Crippen LogP contribution in [-0.4, -0.2) is 18.1 Å². The van der Waals surface area contributed by atoms with Gasteiger partial charge >= 0.3 is 6.18 Å². The largest absolute Gasteiger partial charge is 0.391 e. The van der Waals surface area contributed by atoms with Crippen molar-refractivity contribution in [2.75, 3.05) is 0 Å². The van der Waals surface area contributed by atoms with E-state index in [-0.39, 0.29) is 0 Å². The Kier molecular flexibility index (Phi) is 7.66. The van der Waals surface area contributed by atoms with Crippen molar-refractivity contribution in [3.05, 3.63) is 0 Å². The van der Waals surface area contributed by atoms with Gasteiger partial charge in [-0.05, 0) is 6.92 Å². The molecule has 1 unspecified atom stereocenters. The standard InChI is InChI=1S/C6H10F3NO.C2H6/c1-4(10-5(2)11)3-6(7,8)9;1-2/h4H,3H2,1-2H3,(H,10,11);1-2H3. The van der Waals surface area contributed by atoms with Gasteiger partial charge in [0.1, 0.15) is 0 Å². The van der Waals surface area contributed by atoms with Crippen LogP contribution in [0.3, 0.4) is 0 Å². The molecule has 1 N–H and O–H groups in total. The Hall–Kier alpha value is -0.740. The predicted molar refractivity (Wildman–Crippen MR) is 45.3 cm³/mol. The molecule has 13 heavy (non-hydrogen) atoms. The fourth-order valence-electron chi connectivity index (χ4n) is 0.745. The van der Waals surface area contributed by atoms with Crippen LogP contribution in [0.4, 0.5) is 13.2 Å². The van der Waals surface area contributed by atoms with Crippen molar-refractivity contribution in [3.8, 4) is 0 Å². The molecule has 0 aromatic carbocycles. The lowest BCUT2D eigenvalue weighted by molar-refractivity contribution is -0.141. The number of nitrogens with one attached hydrogen (secondary N) is 1. The summed E-state index contributed by atoms with van der Waals surface area (Å²) in [6.07, 6.45) is -5.19. The van der Waals surface area contributed by atoms with Crippen molar-refractivity contribution in [2.45, 2.75) is 46.3 Å². The fourth-order valence-corrected chi connectivity index (χ4v) is 0.745.